The lowest BCUT2D eigenvalue weighted by Crippen LogP contribution is -2.52. The highest BCUT2D eigenvalue weighted by atomic mass is 79.9. The van der Waals surface area contributed by atoms with Crippen LogP contribution in [0.1, 0.15) is 30.0 Å². The minimum Gasteiger partial charge on any atom is -0.494 e. The summed E-state index contributed by atoms with van der Waals surface area (Å²) in [6, 6.07) is 17.9. The van der Waals surface area contributed by atoms with E-state index in [0.29, 0.717) is 35.8 Å². The summed E-state index contributed by atoms with van der Waals surface area (Å²) in [5.41, 5.74) is 0.560. The number of nitrogens with one attached hydrogen (secondary N) is 1. The normalized spacial score (nSPS) is 18.7. The fourth-order valence-electron chi connectivity index (χ4n) is 4.11. The number of aliphatic imine (C=N–C) groups is 1. The Hall–Kier alpha value is -3.30. The standard InChI is InChI=1S/C28H27BrF2N2O4/c1-18-28(16-19-3-7-22(29)8-4-19,27(35)32-17-20-13-23(30)15-24(31)14-20)33-26(37-18)21-5-9-25(10-6-21)36-12-2-11-34/h3-10,13-15,18,34H,2,11-12,16-17H2,1H3,(H,32,35)/t18-,28-/m1/s1. The SMILES string of the molecule is C[C@H]1OC(c2ccc(OCCCO)cc2)=N[C@@]1(Cc1ccc(Br)cc1)C(=O)NCc1cc(F)cc(F)c1. The van der Waals surface area contributed by atoms with Gasteiger partial charge in [0.2, 0.25) is 5.90 Å². The molecular weight excluding hydrogens is 546 g/mol. The summed E-state index contributed by atoms with van der Waals surface area (Å²) in [5.74, 6) is -0.874. The number of carbonyl (C=O) groups excluding carboxylic acids is 1. The van der Waals surface area contributed by atoms with Crippen molar-refractivity contribution in [2.45, 2.75) is 38.0 Å². The minimum absolute atomic E-state index is 0.0529. The molecule has 2 N–H and O–H groups in total. The molecule has 37 heavy (non-hydrogen) atoms. The lowest BCUT2D eigenvalue weighted by molar-refractivity contribution is -0.128. The molecule has 3 aromatic carbocycles. The largest absolute Gasteiger partial charge is 0.494 e. The predicted octanol–water partition coefficient (Wildman–Crippen LogP) is 4.95. The molecule has 2 atom stereocenters. The summed E-state index contributed by atoms with van der Waals surface area (Å²) in [6.07, 6.45) is 0.178. The van der Waals surface area contributed by atoms with Crippen LogP contribution in [-0.2, 0) is 22.5 Å². The third kappa shape index (κ3) is 6.53. The Kier molecular flexibility index (Phi) is 8.56. The van der Waals surface area contributed by atoms with Gasteiger partial charge in [0.15, 0.2) is 5.54 Å². The molecule has 4 rings (SSSR count). The second-order valence-electron chi connectivity index (χ2n) is 8.81. The molecule has 0 aliphatic carbocycles. The van der Waals surface area contributed by atoms with E-state index in [4.69, 9.17) is 19.6 Å². The van der Waals surface area contributed by atoms with E-state index in [0.717, 1.165) is 16.1 Å². The summed E-state index contributed by atoms with van der Waals surface area (Å²) in [6.45, 7) is 2.17. The van der Waals surface area contributed by atoms with Crippen LogP contribution in [0.3, 0.4) is 0 Å². The van der Waals surface area contributed by atoms with Gasteiger partial charge in [-0.1, -0.05) is 28.1 Å². The number of nitrogens with zero attached hydrogens (tertiary/aromatic N) is 1. The van der Waals surface area contributed by atoms with Gasteiger partial charge in [-0.3, -0.25) is 4.79 Å². The summed E-state index contributed by atoms with van der Waals surface area (Å²) in [7, 11) is 0. The molecule has 0 radical (unpaired) electrons. The van der Waals surface area contributed by atoms with Gasteiger partial charge in [-0.05, 0) is 66.6 Å². The van der Waals surface area contributed by atoms with Crippen molar-refractivity contribution in [1.29, 1.82) is 0 Å². The van der Waals surface area contributed by atoms with Gasteiger partial charge in [-0.25, -0.2) is 13.8 Å². The van der Waals surface area contributed by atoms with Crippen LogP contribution in [0, 0.1) is 11.6 Å². The molecule has 0 saturated carbocycles. The predicted molar refractivity (Wildman–Crippen MR) is 140 cm³/mol. The molecule has 0 unspecified atom stereocenters. The molecule has 0 saturated heterocycles. The molecule has 6 nitrogen and oxygen atoms in total. The monoisotopic (exact) mass is 572 g/mol. The number of halogens is 3. The van der Waals surface area contributed by atoms with Crippen LogP contribution in [0.15, 0.2) is 76.2 Å². The van der Waals surface area contributed by atoms with Crippen molar-refractivity contribution < 1.29 is 28.2 Å². The lowest BCUT2D eigenvalue weighted by atomic mass is 9.86. The van der Waals surface area contributed by atoms with Gasteiger partial charge in [-0.15, -0.1) is 0 Å². The van der Waals surface area contributed by atoms with E-state index in [9.17, 15) is 13.6 Å². The zero-order valence-corrected chi connectivity index (χ0v) is 21.8. The smallest absolute Gasteiger partial charge is 0.252 e. The molecule has 1 aliphatic heterocycles. The molecule has 9 heteroatoms. The zero-order chi connectivity index (χ0) is 26.4. The van der Waals surface area contributed by atoms with E-state index >= 15 is 0 Å². The van der Waals surface area contributed by atoms with E-state index in [2.05, 4.69) is 21.2 Å². The first-order chi connectivity index (χ1) is 17.8. The summed E-state index contributed by atoms with van der Waals surface area (Å²) < 4.78 is 39.9. The quantitative estimate of drug-likeness (QED) is 0.337. The summed E-state index contributed by atoms with van der Waals surface area (Å²) in [5, 5.41) is 11.7. The summed E-state index contributed by atoms with van der Waals surface area (Å²) in [4.78, 5) is 18.4. The number of ether oxygens (including phenoxy) is 2. The number of aliphatic hydroxyl groups is 1. The maximum atomic E-state index is 13.6. The van der Waals surface area contributed by atoms with Crippen molar-refractivity contribution >= 4 is 27.7 Å². The van der Waals surface area contributed by atoms with E-state index < -0.39 is 29.2 Å². The molecular formula is C28H27BrF2N2O4. The number of carbonyl (C=O) groups is 1. The first-order valence-electron chi connectivity index (χ1n) is 11.9. The molecule has 1 aliphatic rings. The van der Waals surface area contributed by atoms with Crippen LogP contribution in [0.5, 0.6) is 5.75 Å². The second kappa shape index (κ2) is 11.8. The van der Waals surface area contributed by atoms with Crippen LogP contribution in [0.2, 0.25) is 0 Å². The average Bonchev–Trinajstić information content (AvgIpc) is 3.21. The van der Waals surface area contributed by atoms with Crippen molar-refractivity contribution in [2.24, 2.45) is 4.99 Å². The Labute approximate surface area is 222 Å². The fraction of sp³-hybridized carbons (Fsp3) is 0.286. The molecule has 3 aromatic rings. The highest BCUT2D eigenvalue weighted by Gasteiger charge is 2.50. The number of aliphatic hydroxyl groups excluding tert-OH is 1. The number of hydrogen-bond acceptors (Lipinski definition) is 5. The van der Waals surface area contributed by atoms with Gasteiger partial charge in [0.05, 0.1) is 6.61 Å². The molecule has 194 valence electrons. The van der Waals surface area contributed by atoms with Crippen molar-refractivity contribution in [1.82, 2.24) is 5.32 Å². The Bertz CT molecular complexity index is 1250. The average molecular weight is 573 g/mol. The third-order valence-electron chi connectivity index (χ3n) is 6.09. The second-order valence-corrected chi connectivity index (χ2v) is 9.73. The van der Waals surface area contributed by atoms with Gasteiger partial charge >= 0.3 is 0 Å². The topological polar surface area (TPSA) is 80.2 Å². The summed E-state index contributed by atoms with van der Waals surface area (Å²) >= 11 is 3.42. The highest BCUT2D eigenvalue weighted by molar-refractivity contribution is 9.10. The van der Waals surface area contributed by atoms with E-state index in [-0.39, 0.29) is 19.6 Å². The van der Waals surface area contributed by atoms with Gasteiger partial charge in [0, 0.05) is 42.1 Å². The van der Waals surface area contributed by atoms with E-state index in [1.54, 1.807) is 31.2 Å². The number of amides is 1. The first-order valence-corrected chi connectivity index (χ1v) is 12.7. The molecule has 1 amide bonds. The number of rotatable bonds is 10. The lowest BCUT2D eigenvalue weighted by Gasteiger charge is -2.28. The Morgan fingerprint density at radius 2 is 1.76 bits per heavy atom. The van der Waals surface area contributed by atoms with Crippen molar-refractivity contribution in [3.05, 3.63) is 99.5 Å². The number of benzene rings is 3. The van der Waals surface area contributed by atoms with Gasteiger partial charge in [0.25, 0.3) is 5.91 Å². The highest BCUT2D eigenvalue weighted by Crippen LogP contribution is 2.33. The molecule has 0 fully saturated rings. The first kappa shape index (κ1) is 26.8. The van der Waals surface area contributed by atoms with E-state index in [1.807, 2.05) is 24.3 Å². The molecule has 0 bridgehead atoms. The van der Waals surface area contributed by atoms with Crippen LogP contribution in [0.4, 0.5) is 8.78 Å². The molecule has 0 spiro atoms. The van der Waals surface area contributed by atoms with E-state index in [1.165, 1.54) is 12.1 Å². The van der Waals surface area contributed by atoms with Crippen LogP contribution >= 0.6 is 15.9 Å². The van der Waals surface area contributed by atoms with Crippen LogP contribution in [0.25, 0.3) is 0 Å². The van der Waals surface area contributed by atoms with Gasteiger partial charge < -0.3 is 19.9 Å². The van der Waals surface area contributed by atoms with Crippen LogP contribution in [-0.4, -0.2) is 41.8 Å². The van der Waals surface area contributed by atoms with Crippen molar-refractivity contribution in [2.75, 3.05) is 13.2 Å². The maximum absolute atomic E-state index is 13.6. The van der Waals surface area contributed by atoms with Gasteiger partial charge in [0.1, 0.15) is 23.5 Å². The van der Waals surface area contributed by atoms with Crippen LogP contribution < -0.4 is 10.1 Å². The number of hydrogen-bond donors (Lipinski definition) is 2. The van der Waals surface area contributed by atoms with Crippen molar-refractivity contribution in [3.8, 4) is 5.75 Å². The van der Waals surface area contributed by atoms with Crippen molar-refractivity contribution in [3.63, 3.8) is 0 Å². The minimum atomic E-state index is -1.30. The molecule has 0 aromatic heterocycles. The third-order valence-corrected chi connectivity index (χ3v) is 6.62. The maximum Gasteiger partial charge on any atom is 0.252 e. The Morgan fingerprint density at radius 3 is 2.41 bits per heavy atom. The fourth-order valence-corrected chi connectivity index (χ4v) is 4.37. The Morgan fingerprint density at radius 1 is 1.08 bits per heavy atom. The molecule has 1 heterocycles. The zero-order valence-electron chi connectivity index (χ0n) is 20.2. The van der Waals surface area contributed by atoms with Gasteiger partial charge in [-0.2, -0.15) is 0 Å². The Balaban J connectivity index is 1.61.